The molecule has 2 nitrogen and oxygen atoms in total. The fraction of sp³-hybridized carbons (Fsp3) is 0.684. The number of ether oxygens (including phenoxy) is 1. The number of hydrogen-bond acceptors (Lipinski definition) is 2. The molecule has 0 aliphatic carbocycles. The molecule has 1 spiro atoms. The zero-order chi connectivity index (χ0) is 14.7. The number of benzene rings is 1. The quantitative estimate of drug-likeness (QED) is 0.751. The molecule has 0 N–H and O–H groups in total. The van der Waals surface area contributed by atoms with E-state index in [1.54, 1.807) is 0 Å². The maximum atomic E-state index is 6.52. The van der Waals surface area contributed by atoms with Gasteiger partial charge in [0.2, 0.25) is 0 Å². The van der Waals surface area contributed by atoms with Crippen LogP contribution in [-0.2, 0) is 0 Å². The summed E-state index contributed by atoms with van der Waals surface area (Å²) in [6.07, 6.45) is 8.93. The number of piperidine rings is 1. The van der Waals surface area contributed by atoms with Crippen molar-refractivity contribution < 1.29 is 4.74 Å². The third-order valence-electron chi connectivity index (χ3n) is 5.36. The van der Waals surface area contributed by atoms with Crippen molar-refractivity contribution in [3.63, 3.8) is 0 Å². The van der Waals surface area contributed by atoms with Gasteiger partial charge in [0.25, 0.3) is 0 Å². The van der Waals surface area contributed by atoms with Gasteiger partial charge in [-0.05, 0) is 50.3 Å². The number of fused-ring (bicyclic) bond motifs is 1. The smallest absolute Gasteiger partial charge is 0.123 e. The van der Waals surface area contributed by atoms with E-state index in [0.29, 0.717) is 5.92 Å². The van der Waals surface area contributed by atoms with Gasteiger partial charge in [-0.2, -0.15) is 0 Å². The van der Waals surface area contributed by atoms with E-state index >= 15 is 0 Å². The molecule has 2 heterocycles. The van der Waals surface area contributed by atoms with Crippen LogP contribution in [-0.4, -0.2) is 30.6 Å². The molecule has 0 aromatic heterocycles. The first-order chi connectivity index (χ1) is 10.2. The van der Waals surface area contributed by atoms with Crippen LogP contribution in [0.5, 0.6) is 5.75 Å². The molecule has 0 bridgehead atoms. The molecular formula is C19H29NO. The molecule has 1 saturated heterocycles. The van der Waals surface area contributed by atoms with E-state index in [1.807, 2.05) is 0 Å². The Balaban J connectivity index is 1.79. The van der Waals surface area contributed by atoms with Gasteiger partial charge in [0.15, 0.2) is 0 Å². The first-order valence-corrected chi connectivity index (χ1v) is 8.69. The summed E-state index contributed by atoms with van der Waals surface area (Å²) >= 11 is 0. The average Bonchev–Trinajstić information content (AvgIpc) is 2.51. The molecule has 3 rings (SSSR count). The van der Waals surface area contributed by atoms with Crippen LogP contribution in [0.3, 0.4) is 0 Å². The van der Waals surface area contributed by atoms with E-state index in [2.05, 4.69) is 43.1 Å². The molecule has 2 aliphatic heterocycles. The molecule has 1 aromatic rings. The van der Waals surface area contributed by atoms with Gasteiger partial charge in [-0.25, -0.2) is 0 Å². The molecule has 0 saturated carbocycles. The van der Waals surface area contributed by atoms with E-state index in [1.165, 1.54) is 63.6 Å². The predicted molar refractivity (Wildman–Crippen MR) is 88.0 cm³/mol. The molecule has 1 fully saturated rings. The van der Waals surface area contributed by atoms with Crippen molar-refractivity contribution in [3.05, 3.63) is 29.8 Å². The largest absolute Gasteiger partial charge is 0.487 e. The molecule has 2 heteroatoms. The number of hydrogen-bond donors (Lipinski definition) is 0. The highest BCUT2D eigenvalue weighted by atomic mass is 16.5. The minimum atomic E-state index is 0.109. The van der Waals surface area contributed by atoms with Gasteiger partial charge >= 0.3 is 0 Å². The lowest BCUT2D eigenvalue weighted by molar-refractivity contribution is -0.0179. The first-order valence-electron chi connectivity index (χ1n) is 8.69. The van der Waals surface area contributed by atoms with Gasteiger partial charge in [-0.3, -0.25) is 0 Å². The molecular weight excluding hydrogens is 258 g/mol. The van der Waals surface area contributed by atoms with Crippen LogP contribution in [0.1, 0.15) is 63.4 Å². The third kappa shape index (κ3) is 3.26. The fourth-order valence-electron chi connectivity index (χ4n) is 3.98. The van der Waals surface area contributed by atoms with Crippen LogP contribution in [0.25, 0.3) is 0 Å². The lowest BCUT2D eigenvalue weighted by Gasteiger charge is -2.46. The Bertz CT molecular complexity index is 462. The van der Waals surface area contributed by atoms with E-state index in [0.717, 1.165) is 5.75 Å². The summed E-state index contributed by atoms with van der Waals surface area (Å²) in [6.45, 7) is 4.63. The SMILES string of the molecule is CCCCCC1CC2(CCN(C)CC2)Oc2ccccc21. The maximum absolute atomic E-state index is 6.52. The summed E-state index contributed by atoms with van der Waals surface area (Å²) in [4.78, 5) is 2.43. The Labute approximate surface area is 129 Å². The molecule has 21 heavy (non-hydrogen) atoms. The van der Waals surface area contributed by atoms with Crippen molar-refractivity contribution in [2.24, 2.45) is 0 Å². The van der Waals surface area contributed by atoms with Crippen LogP contribution < -0.4 is 4.74 Å². The van der Waals surface area contributed by atoms with Crippen LogP contribution in [0.15, 0.2) is 24.3 Å². The van der Waals surface area contributed by atoms with Crippen molar-refractivity contribution in [2.75, 3.05) is 20.1 Å². The average molecular weight is 287 g/mol. The van der Waals surface area contributed by atoms with Gasteiger partial charge in [-0.1, -0.05) is 44.4 Å². The van der Waals surface area contributed by atoms with E-state index in [9.17, 15) is 0 Å². The second-order valence-electron chi connectivity index (χ2n) is 7.02. The lowest BCUT2D eigenvalue weighted by atomic mass is 9.75. The van der Waals surface area contributed by atoms with Crippen molar-refractivity contribution in [1.29, 1.82) is 0 Å². The summed E-state index contributed by atoms with van der Waals surface area (Å²) < 4.78 is 6.52. The summed E-state index contributed by atoms with van der Waals surface area (Å²) in [5.41, 5.74) is 1.57. The monoisotopic (exact) mass is 287 g/mol. The third-order valence-corrected chi connectivity index (χ3v) is 5.36. The second-order valence-corrected chi connectivity index (χ2v) is 7.02. The second kappa shape index (κ2) is 6.39. The lowest BCUT2D eigenvalue weighted by Crippen LogP contribution is -2.49. The van der Waals surface area contributed by atoms with Gasteiger partial charge in [0.1, 0.15) is 11.4 Å². The topological polar surface area (TPSA) is 12.5 Å². The van der Waals surface area contributed by atoms with Crippen molar-refractivity contribution >= 4 is 0 Å². The molecule has 116 valence electrons. The zero-order valence-electron chi connectivity index (χ0n) is 13.6. The molecule has 0 radical (unpaired) electrons. The highest BCUT2D eigenvalue weighted by molar-refractivity contribution is 5.39. The summed E-state index contributed by atoms with van der Waals surface area (Å²) in [7, 11) is 2.22. The van der Waals surface area contributed by atoms with Gasteiger partial charge < -0.3 is 9.64 Å². The Morgan fingerprint density at radius 2 is 1.95 bits per heavy atom. The minimum Gasteiger partial charge on any atom is -0.487 e. The van der Waals surface area contributed by atoms with E-state index < -0.39 is 0 Å². The van der Waals surface area contributed by atoms with E-state index in [4.69, 9.17) is 4.74 Å². The summed E-state index contributed by atoms with van der Waals surface area (Å²) in [5.74, 6) is 1.86. The molecule has 1 unspecified atom stereocenters. The molecule has 0 amide bonds. The highest BCUT2D eigenvalue weighted by Gasteiger charge is 2.42. The van der Waals surface area contributed by atoms with Gasteiger partial charge in [0, 0.05) is 13.1 Å². The molecule has 1 aromatic carbocycles. The number of rotatable bonds is 4. The number of para-hydroxylation sites is 1. The van der Waals surface area contributed by atoms with E-state index in [-0.39, 0.29) is 5.60 Å². The normalized spacial score (nSPS) is 24.6. The fourth-order valence-corrected chi connectivity index (χ4v) is 3.98. The van der Waals surface area contributed by atoms with Gasteiger partial charge in [0.05, 0.1) is 0 Å². The van der Waals surface area contributed by atoms with Crippen LogP contribution in [0.4, 0.5) is 0 Å². The Morgan fingerprint density at radius 3 is 2.71 bits per heavy atom. The first kappa shape index (κ1) is 14.9. The Morgan fingerprint density at radius 1 is 1.19 bits per heavy atom. The number of likely N-dealkylation sites (tertiary alicyclic amines) is 1. The van der Waals surface area contributed by atoms with Crippen molar-refractivity contribution in [3.8, 4) is 5.75 Å². The Kier molecular flexibility index (Phi) is 4.54. The minimum absolute atomic E-state index is 0.109. The highest BCUT2D eigenvalue weighted by Crippen LogP contribution is 2.46. The van der Waals surface area contributed by atoms with Crippen molar-refractivity contribution in [1.82, 2.24) is 4.90 Å². The van der Waals surface area contributed by atoms with Crippen LogP contribution >= 0.6 is 0 Å². The zero-order valence-corrected chi connectivity index (χ0v) is 13.6. The van der Waals surface area contributed by atoms with Crippen molar-refractivity contribution in [2.45, 2.75) is 63.4 Å². The Hall–Kier alpha value is -1.02. The number of unbranched alkanes of at least 4 members (excludes halogenated alkanes) is 2. The predicted octanol–water partition coefficient (Wildman–Crippen LogP) is 4.60. The maximum Gasteiger partial charge on any atom is 0.123 e. The van der Waals surface area contributed by atoms with Crippen LogP contribution in [0, 0.1) is 0 Å². The summed E-state index contributed by atoms with van der Waals surface area (Å²) in [6, 6.07) is 8.76. The molecule has 2 aliphatic rings. The number of nitrogens with zero attached hydrogens (tertiary/aromatic N) is 1. The summed E-state index contributed by atoms with van der Waals surface area (Å²) in [5, 5.41) is 0. The molecule has 1 atom stereocenters. The van der Waals surface area contributed by atoms with Crippen LogP contribution in [0.2, 0.25) is 0 Å². The van der Waals surface area contributed by atoms with Gasteiger partial charge in [-0.15, -0.1) is 0 Å². The standard InChI is InChI=1S/C19H29NO/c1-3-4-5-8-16-15-19(11-13-20(2)14-12-19)21-18-10-7-6-9-17(16)18/h6-7,9-10,16H,3-5,8,11-15H2,1-2H3.